The number of nitriles is 1. The maximum Gasteiger partial charge on any atom is 0.338 e. The number of oxazole rings is 1. The Labute approximate surface area is 256 Å². The highest BCUT2D eigenvalue weighted by atomic mass is 32.2. The minimum Gasteiger partial charge on any atom is -0.462 e. The summed E-state index contributed by atoms with van der Waals surface area (Å²) in [5.74, 6) is -1.04. The Morgan fingerprint density at radius 3 is 2.32 bits per heavy atom. The number of unbranched alkanes of at least 4 members (excludes halogenated alkanes) is 4. The molecule has 4 aromatic rings. The Balaban J connectivity index is 1.55. The molecule has 0 saturated heterocycles. The van der Waals surface area contributed by atoms with Crippen molar-refractivity contribution in [2.75, 3.05) is 13.2 Å². The number of fused-ring (bicyclic) bond motifs is 3. The Kier molecular flexibility index (Phi) is 9.26. The fourth-order valence-electron chi connectivity index (χ4n) is 5.04. The van der Waals surface area contributed by atoms with E-state index in [1.165, 1.54) is 24.3 Å². The molecule has 0 amide bonds. The zero-order chi connectivity index (χ0) is 31.3. The quantitative estimate of drug-likeness (QED) is 0.113. The van der Waals surface area contributed by atoms with Crippen LogP contribution in [0.3, 0.4) is 0 Å². The Hall–Kier alpha value is -4.75. The molecule has 1 aliphatic rings. The highest BCUT2D eigenvalue weighted by Crippen LogP contribution is 2.42. The van der Waals surface area contributed by atoms with Crippen molar-refractivity contribution < 1.29 is 31.9 Å². The van der Waals surface area contributed by atoms with Crippen LogP contribution in [0.1, 0.15) is 95.7 Å². The maximum absolute atomic E-state index is 13.7. The molecule has 9 nitrogen and oxygen atoms in total. The van der Waals surface area contributed by atoms with E-state index >= 15 is 0 Å². The molecule has 2 heterocycles. The van der Waals surface area contributed by atoms with Crippen molar-refractivity contribution in [3.05, 3.63) is 88.3 Å². The lowest BCUT2D eigenvalue weighted by Crippen LogP contribution is -2.16. The molecule has 0 atom stereocenters. The van der Waals surface area contributed by atoms with Crippen molar-refractivity contribution in [1.82, 2.24) is 4.98 Å². The van der Waals surface area contributed by atoms with Gasteiger partial charge in [0.25, 0.3) is 0 Å². The lowest BCUT2D eigenvalue weighted by atomic mass is 9.95. The van der Waals surface area contributed by atoms with E-state index in [-0.39, 0.29) is 56.7 Å². The molecular weight excluding hydrogens is 580 g/mol. The molecule has 44 heavy (non-hydrogen) atoms. The number of carbonyl (C=O) groups excluding carboxylic acids is 2. The summed E-state index contributed by atoms with van der Waals surface area (Å²) in [6.07, 6.45) is 6.98. The number of esters is 2. The number of hydrogen-bond acceptors (Lipinski definition) is 9. The Bertz CT molecular complexity index is 1920. The molecule has 0 radical (unpaired) electrons. The molecule has 10 heteroatoms. The van der Waals surface area contributed by atoms with Crippen LogP contribution in [0.15, 0.2) is 68.8 Å². The van der Waals surface area contributed by atoms with E-state index in [4.69, 9.17) is 13.9 Å². The number of nitrogens with zero attached hydrogens (tertiary/aromatic N) is 2. The summed E-state index contributed by atoms with van der Waals surface area (Å²) < 4.78 is 44.1. The van der Waals surface area contributed by atoms with E-state index in [1.807, 2.05) is 6.92 Å². The third-order valence-electron chi connectivity index (χ3n) is 7.36. The predicted molar refractivity (Wildman–Crippen MR) is 164 cm³/mol. The Morgan fingerprint density at radius 2 is 1.57 bits per heavy atom. The molecule has 3 aromatic carbocycles. The number of hydrogen-bond donors (Lipinski definition) is 0. The number of aromatic nitrogens is 1. The molecule has 0 saturated carbocycles. The molecular formula is C34H32N2O7S. The molecule has 1 aliphatic heterocycles. The zero-order valence-electron chi connectivity index (χ0n) is 24.6. The van der Waals surface area contributed by atoms with Gasteiger partial charge in [-0.2, -0.15) is 5.26 Å². The Morgan fingerprint density at radius 1 is 0.864 bits per heavy atom. The number of benzene rings is 3. The van der Waals surface area contributed by atoms with Gasteiger partial charge in [-0.1, -0.05) is 63.8 Å². The third kappa shape index (κ3) is 6.15. The molecule has 0 N–H and O–H groups in total. The third-order valence-corrected chi connectivity index (χ3v) is 9.21. The van der Waals surface area contributed by atoms with E-state index in [2.05, 4.69) is 18.0 Å². The average molecular weight is 613 g/mol. The molecule has 0 fully saturated rings. The van der Waals surface area contributed by atoms with E-state index in [1.54, 1.807) is 36.4 Å². The molecule has 1 aromatic heterocycles. The first-order chi connectivity index (χ1) is 21.3. The summed E-state index contributed by atoms with van der Waals surface area (Å²) in [6, 6.07) is 16.0. The second-order valence-electron chi connectivity index (χ2n) is 10.5. The summed E-state index contributed by atoms with van der Waals surface area (Å²) in [6.45, 7) is 4.61. The van der Waals surface area contributed by atoms with Gasteiger partial charge in [0.2, 0.25) is 15.7 Å². The van der Waals surface area contributed by atoms with Crippen LogP contribution in [0.2, 0.25) is 0 Å². The van der Waals surface area contributed by atoms with Crippen LogP contribution in [0.5, 0.6) is 0 Å². The monoisotopic (exact) mass is 612 g/mol. The normalized spacial score (nSPS) is 14.1. The summed E-state index contributed by atoms with van der Waals surface area (Å²) in [7, 11) is -3.97. The van der Waals surface area contributed by atoms with Crippen LogP contribution < -0.4 is 0 Å². The van der Waals surface area contributed by atoms with Gasteiger partial charge in [-0.05, 0) is 48.7 Å². The molecule has 0 bridgehead atoms. The summed E-state index contributed by atoms with van der Waals surface area (Å²) >= 11 is 0. The largest absolute Gasteiger partial charge is 0.462 e. The van der Waals surface area contributed by atoms with Crippen LogP contribution in [-0.2, 0) is 19.3 Å². The number of rotatable bonds is 11. The lowest BCUT2D eigenvalue weighted by Gasteiger charge is -2.23. The topological polar surface area (TPSA) is 137 Å². The van der Waals surface area contributed by atoms with Gasteiger partial charge in [-0.15, -0.1) is 0 Å². The van der Waals surface area contributed by atoms with E-state index in [9.17, 15) is 23.3 Å². The molecule has 5 rings (SSSR count). The van der Waals surface area contributed by atoms with Crippen molar-refractivity contribution in [1.29, 1.82) is 5.26 Å². The SMILES string of the molecule is CCCCCCOC(=O)c1ccc2c(c1)S(=O)(=O)c1ccccc1C2=Cc1nc2c(C#N)cc(C(=O)OCCCC)cc2o1. The summed E-state index contributed by atoms with van der Waals surface area (Å²) in [4.78, 5) is 29.9. The van der Waals surface area contributed by atoms with Gasteiger partial charge in [-0.25, -0.2) is 23.0 Å². The van der Waals surface area contributed by atoms with E-state index in [0.29, 0.717) is 16.7 Å². The second-order valence-corrected chi connectivity index (χ2v) is 12.4. The van der Waals surface area contributed by atoms with Crippen LogP contribution in [0, 0.1) is 11.3 Å². The smallest absolute Gasteiger partial charge is 0.338 e. The minimum absolute atomic E-state index is 0.0335. The van der Waals surface area contributed by atoms with Gasteiger partial charge in [0.15, 0.2) is 5.58 Å². The van der Waals surface area contributed by atoms with Gasteiger partial charge in [-0.3, -0.25) is 0 Å². The molecule has 0 spiro atoms. The minimum atomic E-state index is -3.97. The van der Waals surface area contributed by atoms with Crippen molar-refractivity contribution in [3.63, 3.8) is 0 Å². The highest BCUT2D eigenvalue weighted by molar-refractivity contribution is 7.91. The highest BCUT2D eigenvalue weighted by Gasteiger charge is 2.33. The van der Waals surface area contributed by atoms with Crippen LogP contribution in [0.25, 0.3) is 22.7 Å². The average Bonchev–Trinajstić information content (AvgIpc) is 3.45. The summed E-state index contributed by atoms with van der Waals surface area (Å²) in [5, 5.41) is 9.76. The van der Waals surface area contributed by atoms with Gasteiger partial charge < -0.3 is 13.9 Å². The van der Waals surface area contributed by atoms with Crippen molar-refractivity contribution >= 4 is 44.5 Å². The maximum atomic E-state index is 13.7. The van der Waals surface area contributed by atoms with Gasteiger partial charge in [0.1, 0.15) is 11.6 Å². The van der Waals surface area contributed by atoms with Gasteiger partial charge >= 0.3 is 11.9 Å². The predicted octanol–water partition coefficient (Wildman–Crippen LogP) is 7.13. The number of carbonyl (C=O) groups is 2. The van der Waals surface area contributed by atoms with Crippen LogP contribution >= 0.6 is 0 Å². The molecule has 0 unspecified atom stereocenters. The van der Waals surface area contributed by atoms with Gasteiger partial charge in [0.05, 0.1) is 39.7 Å². The molecule has 226 valence electrons. The molecule has 0 aliphatic carbocycles. The van der Waals surface area contributed by atoms with Crippen molar-refractivity contribution in [2.24, 2.45) is 0 Å². The van der Waals surface area contributed by atoms with Crippen molar-refractivity contribution in [3.8, 4) is 6.07 Å². The summed E-state index contributed by atoms with van der Waals surface area (Å²) in [5.41, 5.74) is 2.24. The van der Waals surface area contributed by atoms with E-state index < -0.39 is 21.8 Å². The standard InChI is InChI=1S/C34H32N2O7S/c1-3-5-7-10-16-42-33(37)22-13-14-26-27(25-11-8-9-12-29(25)44(39,40)30(26)19-22)20-31-36-32-24(21-35)17-23(18-28(32)43-31)34(38)41-15-6-4-2/h8-9,11-14,17-20H,3-7,10,15-16H2,1-2H3. The lowest BCUT2D eigenvalue weighted by molar-refractivity contribution is 0.0489. The number of sulfone groups is 1. The first-order valence-corrected chi connectivity index (χ1v) is 16.2. The van der Waals surface area contributed by atoms with Gasteiger partial charge in [0, 0.05) is 17.2 Å². The van der Waals surface area contributed by atoms with Crippen molar-refractivity contribution in [2.45, 2.75) is 62.2 Å². The van der Waals surface area contributed by atoms with Crippen LogP contribution in [-0.4, -0.2) is 38.6 Å². The fourth-order valence-corrected chi connectivity index (χ4v) is 6.75. The first kappa shape index (κ1) is 30.7. The first-order valence-electron chi connectivity index (χ1n) is 14.7. The van der Waals surface area contributed by atoms with E-state index in [0.717, 1.165) is 38.5 Å². The number of ether oxygens (including phenoxy) is 2. The zero-order valence-corrected chi connectivity index (χ0v) is 25.4. The second kappa shape index (κ2) is 13.3. The van der Waals surface area contributed by atoms with Crippen LogP contribution in [0.4, 0.5) is 0 Å². The fraction of sp³-hybridized carbons (Fsp3) is 0.294.